The van der Waals surface area contributed by atoms with Gasteiger partial charge >= 0.3 is 6.18 Å². The molecule has 0 amide bonds. The van der Waals surface area contributed by atoms with Gasteiger partial charge in [-0.15, -0.1) is 0 Å². The fraction of sp³-hybridized carbons (Fsp3) is 0.667. The van der Waals surface area contributed by atoms with Gasteiger partial charge in [-0.25, -0.2) is 4.98 Å². The molecule has 0 aliphatic rings. The first-order chi connectivity index (χ1) is 9.72. The molecule has 0 spiro atoms. The lowest BCUT2D eigenvalue weighted by molar-refractivity contribution is -0.137. The summed E-state index contributed by atoms with van der Waals surface area (Å²) >= 11 is 0. The lowest BCUT2D eigenvalue weighted by atomic mass is 10.0. The third-order valence-corrected chi connectivity index (χ3v) is 3.22. The van der Waals surface area contributed by atoms with E-state index < -0.39 is 11.7 Å². The third-order valence-electron chi connectivity index (χ3n) is 3.22. The van der Waals surface area contributed by atoms with Gasteiger partial charge in [-0.3, -0.25) is 0 Å². The molecule has 1 rings (SSSR count). The highest BCUT2D eigenvalue weighted by atomic mass is 19.4. The van der Waals surface area contributed by atoms with Crippen molar-refractivity contribution in [1.82, 2.24) is 4.98 Å². The average Bonchev–Trinajstić information content (AvgIpc) is 2.36. The van der Waals surface area contributed by atoms with Crippen molar-refractivity contribution in [3.05, 3.63) is 17.7 Å². The molecule has 0 saturated heterocycles. The molecular formula is C15H24F3N3. The minimum Gasteiger partial charge on any atom is -0.373 e. The van der Waals surface area contributed by atoms with Crippen LogP contribution < -0.4 is 10.6 Å². The molecule has 1 unspecified atom stereocenters. The standard InChI is InChI=1S/C15H24F3N3/c1-10(2)6-5-7-11(3)20-14-9-12(15(16,17)18)8-13(19-4)21-14/h8-11H,5-7H2,1-4H3,(H2,19,20,21). The van der Waals surface area contributed by atoms with Gasteiger partial charge in [-0.1, -0.05) is 26.7 Å². The first-order valence-electron chi connectivity index (χ1n) is 7.26. The Kier molecular flexibility index (Phi) is 6.30. The van der Waals surface area contributed by atoms with E-state index in [1.165, 1.54) is 0 Å². The second-order valence-electron chi connectivity index (χ2n) is 5.74. The van der Waals surface area contributed by atoms with Crippen LogP contribution in [0.1, 0.15) is 45.6 Å². The predicted octanol–water partition coefficient (Wildman–Crippen LogP) is 4.77. The van der Waals surface area contributed by atoms with Crippen molar-refractivity contribution < 1.29 is 13.2 Å². The molecule has 21 heavy (non-hydrogen) atoms. The molecule has 120 valence electrons. The molecule has 1 atom stereocenters. The number of nitrogens with zero attached hydrogens (tertiary/aromatic N) is 1. The van der Waals surface area contributed by atoms with Gasteiger partial charge in [0.05, 0.1) is 5.56 Å². The molecule has 0 saturated carbocycles. The van der Waals surface area contributed by atoms with Crippen LogP contribution in [0, 0.1) is 5.92 Å². The van der Waals surface area contributed by atoms with Crippen LogP contribution in [0.5, 0.6) is 0 Å². The van der Waals surface area contributed by atoms with Crippen molar-refractivity contribution in [1.29, 1.82) is 0 Å². The molecule has 0 aliphatic carbocycles. The lowest BCUT2D eigenvalue weighted by Gasteiger charge is -2.17. The van der Waals surface area contributed by atoms with Gasteiger partial charge in [0.2, 0.25) is 0 Å². The predicted molar refractivity (Wildman–Crippen MR) is 80.6 cm³/mol. The van der Waals surface area contributed by atoms with E-state index in [0.717, 1.165) is 31.4 Å². The van der Waals surface area contributed by atoms with Gasteiger partial charge in [-0.05, 0) is 31.4 Å². The number of hydrogen-bond acceptors (Lipinski definition) is 3. The quantitative estimate of drug-likeness (QED) is 0.762. The van der Waals surface area contributed by atoms with Gasteiger partial charge in [-0.2, -0.15) is 13.2 Å². The molecule has 0 radical (unpaired) electrons. The highest BCUT2D eigenvalue weighted by Gasteiger charge is 2.31. The molecule has 0 aromatic carbocycles. The van der Waals surface area contributed by atoms with Crippen LogP contribution in [0.15, 0.2) is 12.1 Å². The Morgan fingerprint density at radius 3 is 2.24 bits per heavy atom. The Labute approximate surface area is 124 Å². The average molecular weight is 303 g/mol. The number of hydrogen-bond donors (Lipinski definition) is 2. The molecule has 1 heterocycles. The second kappa shape index (κ2) is 7.52. The van der Waals surface area contributed by atoms with Gasteiger partial charge < -0.3 is 10.6 Å². The van der Waals surface area contributed by atoms with E-state index >= 15 is 0 Å². The van der Waals surface area contributed by atoms with Crippen molar-refractivity contribution in [2.75, 3.05) is 17.7 Å². The van der Waals surface area contributed by atoms with Crippen LogP contribution in [0.4, 0.5) is 24.8 Å². The highest BCUT2D eigenvalue weighted by Crippen LogP contribution is 2.32. The van der Waals surface area contributed by atoms with Gasteiger partial charge in [0.25, 0.3) is 0 Å². The number of nitrogens with one attached hydrogen (secondary N) is 2. The molecule has 0 fully saturated rings. The van der Waals surface area contributed by atoms with E-state index in [2.05, 4.69) is 29.5 Å². The summed E-state index contributed by atoms with van der Waals surface area (Å²) in [6.45, 7) is 6.28. The summed E-state index contributed by atoms with van der Waals surface area (Å²) in [5, 5.41) is 5.71. The molecule has 3 nitrogen and oxygen atoms in total. The smallest absolute Gasteiger partial charge is 0.373 e. The summed E-state index contributed by atoms with van der Waals surface area (Å²) in [6, 6.07) is 2.15. The van der Waals surface area contributed by atoms with E-state index in [1.54, 1.807) is 7.05 Å². The van der Waals surface area contributed by atoms with Crippen LogP contribution in [0.2, 0.25) is 0 Å². The maximum Gasteiger partial charge on any atom is 0.416 e. The first kappa shape index (κ1) is 17.6. The largest absolute Gasteiger partial charge is 0.416 e. The number of anilines is 2. The second-order valence-corrected chi connectivity index (χ2v) is 5.74. The van der Waals surface area contributed by atoms with Crippen LogP contribution in [-0.2, 0) is 6.18 Å². The van der Waals surface area contributed by atoms with Crippen molar-refractivity contribution in [3.8, 4) is 0 Å². The van der Waals surface area contributed by atoms with E-state index in [-0.39, 0.29) is 17.7 Å². The molecule has 0 aliphatic heterocycles. The molecule has 1 aromatic rings. The maximum atomic E-state index is 12.8. The summed E-state index contributed by atoms with van der Waals surface area (Å²) in [7, 11) is 1.55. The lowest BCUT2D eigenvalue weighted by Crippen LogP contribution is -2.17. The summed E-state index contributed by atoms with van der Waals surface area (Å²) in [4.78, 5) is 4.13. The maximum absolute atomic E-state index is 12.8. The van der Waals surface area contributed by atoms with Gasteiger partial charge in [0, 0.05) is 13.1 Å². The van der Waals surface area contributed by atoms with Crippen molar-refractivity contribution in [2.24, 2.45) is 5.92 Å². The number of rotatable bonds is 7. The monoisotopic (exact) mass is 303 g/mol. The van der Waals surface area contributed by atoms with Crippen LogP contribution in [0.3, 0.4) is 0 Å². The van der Waals surface area contributed by atoms with E-state index in [1.807, 2.05) is 6.92 Å². The van der Waals surface area contributed by atoms with E-state index in [4.69, 9.17) is 0 Å². The normalized spacial score (nSPS) is 13.3. The Bertz CT molecular complexity index is 444. The number of halogens is 3. The van der Waals surface area contributed by atoms with E-state index in [9.17, 15) is 13.2 Å². The fourth-order valence-electron chi connectivity index (χ4n) is 2.05. The molecule has 6 heteroatoms. The van der Waals surface area contributed by atoms with Crippen molar-refractivity contribution in [2.45, 2.75) is 52.3 Å². The van der Waals surface area contributed by atoms with Gasteiger partial charge in [0.1, 0.15) is 11.6 Å². The SMILES string of the molecule is CNc1cc(C(F)(F)F)cc(NC(C)CCCC(C)C)n1. The zero-order valence-corrected chi connectivity index (χ0v) is 13.0. The minimum absolute atomic E-state index is 0.0874. The number of alkyl halides is 3. The summed E-state index contributed by atoms with van der Waals surface area (Å²) < 4.78 is 38.5. The Morgan fingerprint density at radius 2 is 1.71 bits per heavy atom. The number of pyridine rings is 1. The summed E-state index contributed by atoms with van der Waals surface area (Å²) in [5.41, 5.74) is -0.696. The number of aromatic nitrogens is 1. The molecule has 0 bridgehead atoms. The highest BCUT2D eigenvalue weighted by molar-refractivity contribution is 5.49. The first-order valence-corrected chi connectivity index (χ1v) is 7.26. The minimum atomic E-state index is -4.37. The summed E-state index contributed by atoms with van der Waals surface area (Å²) in [6.07, 6.45) is -1.30. The fourth-order valence-corrected chi connectivity index (χ4v) is 2.05. The Hall–Kier alpha value is -1.46. The van der Waals surface area contributed by atoms with E-state index in [0.29, 0.717) is 5.92 Å². The molecule has 2 N–H and O–H groups in total. The Balaban J connectivity index is 2.73. The van der Waals surface area contributed by atoms with Crippen LogP contribution in [0.25, 0.3) is 0 Å². The summed E-state index contributed by atoms with van der Waals surface area (Å²) in [5.74, 6) is 1.10. The van der Waals surface area contributed by atoms with Crippen LogP contribution in [-0.4, -0.2) is 18.1 Å². The Morgan fingerprint density at radius 1 is 1.10 bits per heavy atom. The molecule has 1 aromatic heterocycles. The van der Waals surface area contributed by atoms with Gasteiger partial charge in [0.15, 0.2) is 0 Å². The zero-order chi connectivity index (χ0) is 16.0. The van der Waals surface area contributed by atoms with Crippen molar-refractivity contribution >= 4 is 11.6 Å². The third kappa shape index (κ3) is 6.23. The molecular weight excluding hydrogens is 279 g/mol. The zero-order valence-electron chi connectivity index (χ0n) is 13.0. The van der Waals surface area contributed by atoms with Crippen LogP contribution >= 0.6 is 0 Å². The van der Waals surface area contributed by atoms with Crippen molar-refractivity contribution in [3.63, 3.8) is 0 Å². The topological polar surface area (TPSA) is 37.0 Å².